The lowest BCUT2D eigenvalue weighted by molar-refractivity contribution is 0.189. The summed E-state index contributed by atoms with van der Waals surface area (Å²) in [6.07, 6.45) is 2.02. The van der Waals surface area contributed by atoms with Crippen LogP contribution in [0, 0.1) is 0 Å². The Morgan fingerprint density at radius 2 is 1.61 bits per heavy atom. The molecule has 1 heterocycles. The largest absolute Gasteiger partial charge is 0.325 e. The van der Waals surface area contributed by atoms with Crippen molar-refractivity contribution in [3.8, 4) is 11.1 Å². The molecule has 2 aromatic carbocycles. The minimum Gasteiger partial charge on any atom is -0.325 e. The number of hydrogen-bond donors (Lipinski definition) is 2. The van der Waals surface area contributed by atoms with Crippen molar-refractivity contribution in [2.24, 2.45) is 0 Å². The normalized spacial score (nSPS) is 15.2. The van der Waals surface area contributed by atoms with Gasteiger partial charge in [-0.05, 0) is 49.2 Å². The summed E-state index contributed by atoms with van der Waals surface area (Å²) in [7, 11) is 1.88. The summed E-state index contributed by atoms with van der Waals surface area (Å²) in [5.41, 5.74) is 3.16. The summed E-state index contributed by atoms with van der Waals surface area (Å²) in [5, 5.41) is 6.31. The number of carbonyl (C=O) groups excluding carboxylic acids is 1. The highest BCUT2D eigenvalue weighted by Crippen LogP contribution is 2.21. The zero-order valence-corrected chi connectivity index (χ0v) is 13.5. The van der Waals surface area contributed by atoms with Gasteiger partial charge in [-0.15, -0.1) is 0 Å². The van der Waals surface area contributed by atoms with Crippen molar-refractivity contribution in [2.75, 3.05) is 25.5 Å². The van der Waals surface area contributed by atoms with Crippen LogP contribution in [0.15, 0.2) is 54.6 Å². The molecule has 1 aliphatic rings. The van der Waals surface area contributed by atoms with E-state index in [0.717, 1.165) is 37.2 Å². The first-order valence-electron chi connectivity index (χ1n) is 8.14. The molecule has 0 bridgehead atoms. The maximum atomic E-state index is 12.4. The van der Waals surface area contributed by atoms with Gasteiger partial charge in [0, 0.05) is 18.8 Å². The van der Waals surface area contributed by atoms with Crippen LogP contribution in [-0.2, 0) is 0 Å². The molecule has 23 heavy (non-hydrogen) atoms. The first kappa shape index (κ1) is 15.6. The monoisotopic (exact) mass is 309 g/mol. The summed E-state index contributed by atoms with van der Waals surface area (Å²) < 4.78 is 0. The van der Waals surface area contributed by atoms with Crippen LogP contribution in [0.3, 0.4) is 0 Å². The van der Waals surface area contributed by atoms with E-state index in [0.29, 0.717) is 6.04 Å². The fourth-order valence-corrected chi connectivity index (χ4v) is 2.95. The van der Waals surface area contributed by atoms with Gasteiger partial charge in [-0.3, -0.25) is 0 Å². The number of piperidine rings is 1. The maximum Gasteiger partial charge on any atom is 0.321 e. The van der Waals surface area contributed by atoms with Crippen LogP contribution in [0.4, 0.5) is 10.5 Å². The summed E-state index contributed by atoms with van der Waals surface area (Å²) in [4.78, 5) is 14.2. The third kappa shape index (κ3) is 3.90. The van der Waals surface area contributed by atoms with Crippen molar-refractivity contribution < 1.29 is 4.79 Å². The Morgan fingerprint density at radius 1 is 1.00 bits per heavy atom. The molecule has 0 aliphatic carbocycles. The predicted molar refractivity (Wildman–Crippen MR) is 94.6 cm³/mol. The average molecular weight is 309 g/mol. The maximum absolute atomic E-state index is 12.4. The van der Waals surface area contributed by atoms with Crippen molar-refractivity contribution in [3.63, 3.8) is 0 Å². The molecule has 0 unspecified atom stereocenters. The van der Waals surface area contributed by atoms with Crippen LogP contribution in [0.1, 0.15) is 12.8 Å². The second-order valence-corrected chi connectivity index (χ2v) is 5.97. The Kier molecular flexibility index (Phi) is 4.93. The molecule has 2 amide bonds. The van der Waals surface area contributed by atoms with Gasteiger partial charge in [0.1, 0.15) is 0 Å². The molecular formula is C19H23N3O. The minimum atomic E-state index is -0.0376. The van der Waals surface area contributed by atoms with Crippen LogP contribution in [0.2, 0.25) is 0 Å². The van der Waals surface area contributed by atoms with Crippen molar-refractivity contribution in [1.29, 1.82) is 0 Å². The second kappa shape index (κ2) is 7.29. The topological polar surface area (TPSA) is 44.4 Å². The summed E-state index contributed by atoms with van der Waals surface area (Å²) >= 11 is 0. The van der Waals surface area contributed by atoms with E-state index in [1.54, 1.807) is 0 Å². The molecule has 2 N–H and O–H groups in total. The predicted octanol–water partition coefficient (Wildman–Crippen LogP) is 3.57. The Hall–Kier alpha value is -2.33. The van der Waals surface area contributed by atoms with Crippen LogP contribution in [0.25, 0.3) is 11.1 Å². The van der Waals surface area contributed by atoms with Gasteiger partial charge >= 0.3 is 6.03 Å². The molecular weight excluding hydrogens is 286 g/mol. The molecule has 0 spiro atoms. The standard InChI is InChI=1S/C19H23N3O/c1-22(18-11-13-20-14-12-18)19(23)21-17-9-7-16(8-10-17)15-5-3-2-4-6-15/h2-10,18,20H,11-14H2,1H3,(H,21,23). The number of nitrogens with zero attached hydrogens (tertiary/aromatic N) is 1. The molecule has 4 nitrogen and oxygen atoms in total. The lowest BCUT2D eigenvalue weighted by Crippen LogP contribution is -2.45. The fourth-order valence-electron chi connectivity index (χ4n) is 2.95. The van der Waals surface area contributed by atoms with E-state index in [-0.39, 0.29) is 6.03 Å². The zero-order chi connectivity index (χ0) is 16.1. The molecule has 1 aliphatic heterocycles. The Labute approximate surface area is 137 Å². The smallest absolute Gasteiger partial charge is 0.321 e. The molecule has 4 heteroatoms. The number of nitrogens with one attached hydrogen (secondary N) is 2. The van der Waals surface area contributed by atoms with Crippen molar-refractivity contribution >= 4 is 11.7 Å². The lowest BCUT2D eigenvalue weighted by Gasteiger charge is -2.31. The van der Waals surface area contributed by atoms with E-state index < -0.39 is 0 Å². The number of anilines is 1. The number of amides is 2. The SMILES string of the molecule is CN(C(=O)Nc1ccc(-c2ccccc2)cc1)C1CCNCC1. The highest BCUT2D eigenvalue weighted by molar-refractivity contribution is 5.89. The number of hydrogen-bond acceptors (Lipinski definition) is 2. The number of carbonyl (C=O) groups is 1. The first-order chi connectivity index (χ1) is 11.2. The molecule has 1 saturated heterocycles. The van der Waals surface area contributed by atoms with Crippen molar-refractivity contribution in [3.05, 3.63) is 54.6 Å². The van der Waals surface area contributed by atoms with Crippen LogP contribution >= 0.6 is 0 Å². The quantitative estimate of drug-likeness (QED) is 0.910. The van der Waals surface area contributed by atoms with Crippen LogP contribution in [-0.4, -0.2) is 37.1 Å². The van der Waals surface area contributed by atoms with Gasteiger partial charge in [0.25, 0.3) is 0 Å². The summed E-state index contributed by atoms with van der Waals surface area (Å²) in [5.74, 6) is 0. The minimum absolute atomic E-state index is 0.0376. The molecule has 0 atom stereocenters. The Bertz CT molecular complexity index is 633. The van der Waals surface area contributed by atoms with E-state index in [9.17, 15) is 4.79 Å². The summed E-state index contributed by atoms with van der Waals surface area (Å²) in [6, 6.07) is 18.5. The van der Waals surface area contributed by atoms with Gasteiger partial charge in [-0.2, -0.15) is 0 Å². The van der Waals surface area contributed by atoms with Gasteiger partial charge in [0.2, 0.25) is 0 Å². The highest BCUT2D eigenvalue weighted by Gasteiger charge is 2.21. The van der Waals surface area contributed by atoms with E-state index >= 15 is 0 Å². The van der Waals surface area contributed by atoms with E-state index in [1.807, 2.05) is 54.4 Å². The van der Waals surface area contributed by atoms with E-state index in [2.05, 4.69) is 22.8 Å². The van der Waals surface area contributed by atoms with Crippen molar-refractivity contribution in [1.82, 2.24) is 10.2 Å². The molecule has 1 fully saturated rings. The van der Waals surface area contributed by atoms with Crippen LogP contribution in [0.5, 0.6) is 0 Å². The molecule has 120 valence electrons. The van der Waals surface area contributed by atoms with E-state index in [4.69, 9.17) is 0 Å². The van der Waals surface area contributed by atoms with Gasteiger partial charge in [-0.1, -0.05) is 42.5 Å². The van der Waals surface area contributed by atoms with Crippen molar-refractivity contribution in [2.45, 2.75) is 18.9 Å². The number of rotatable bonds is 3. The molecule has 0 aromatic heterocycles. The van der Waals surface area contributed by atoms with Gasteiger partial charge in [0.15, 0.2) is 0 Å². The van der Waals surface area contributed by atoms with Crippen LogP contribution < -0.4 is 10.6 Å². The number of urea groups is 1. The molecule has 3 rings (SSSR count). The zero-order valence-electron chi connectivity index (χ0n) is 13.5. The van der Waals surface area contributed by atoms with Gasteiger partial charge < -0.3 is 15.5 Å². The summed E-state index contributed by atoms with van der Waals surface area (Å²) in [6.45, 7) is 1.96. The highest BCUT2D eigenvalue weighted by atomic mass is 16.2. The molecule has 0 radical (unpaired) electrons. The average Bonchev–Trinajstić information content (AvgIpc) is 2.63. The van der Waals surface area contributed by atoms with Gasteiger partial charge in [0.05, 0.1) is 0 Å². The Balaban J connectivity index is 1.62. The Morgan fingerprint density at radius 3 is 2.26 bits per heavy atom. The number of benzene rings is 2. The van der Waals surface area contributed by atoms with Gasteiger partial charge in [-0.25, -0.2) is 4.79 Å². The second-order valence-electron chi connectivity index (χ2n) is 5.97. The third-order valence-corrected chi connectivity index (χ3v) is 4.42. The van der Waals surface area contributed by atoms with E-state index in [1.165, 1.54) is 5.56 Å². The first-order valence-corrected chi connectivity index (χ1v) is 8.14. The third-order valence-electron chi connectivity index (χ3n) is 4.42. The lowest BCUT2D eigenvalue weighted by atomic mass is 10.1. The molecule has 0 saturated carbocycles. The fraction of sp³-hybridized carbons (Fsp3) is 0.316. The molecule has 2 aromatic rings.